The van der Waals surface area contributed by atoms with E-state index in [4.69, 9.17) is 6.42 Å². The van der Waals surface area contributed by atoms with Crippen molar-refractivity contribution in [3.63, 3.8) is 0 Å². The first-order chi connectivity index (χ1) is 11.9. The quantitative estimate of drug-likeness (QED) is 0.654. The summed E-state index contributed by atoms with van der Waals surface area (Å²) >= 11 is 0. The first kappa shape index (κ1) is 17.0. The summed E-state index contributed by atoms with van der Waals surface area (Å²) in [6, 6.07) is 6.35. The number of hydrogen-bond donors (Lipinski definition) is 2. The zero-order valence-corrected chi connectivity index (χ0v) is 14.2. The molecular weight excluding hydrogens is 318 g/mol. The van der Waals surface area contributed by atoms with Gasteiger partial charge in [0, 0.05) is 11.3 Å². The Bertz CT molecular complexity index is 757. The molecule has 1 heterocycles. The molecule has 1 saturated carbocycles. The van der Waals surface area contributed by atoms with Gasteiger partial charge in [-0.3, -0.25) is 14.5 Å². The maximum absolute atomic E-state index is 12.7. The molecule has 0 unspecified atom stereocenters. The standard InChI is InChI=1S/C19H21N3O3/c1-3-14-5-4-6-15(11-14)20-16(23)12-22-17(24)19(21-18(22)25)9-7-13(2)8-10-19/h1,4-6,11,13H,7-10,12H2,2H3,(H,20,23)(H,21,25). The van der Waals surface area contributed by atoms with Gasteiger partial charge in [0.15, 0.2) is 0 Å². The summed E-state index contributed by atoms with van der Waals surface area (Å²) in [4.78, 5) is 38.2. The minimum Gasteiger partial charge on any atom is -0.324 e. The average Bonchev–Trinajstić information content (AvgIpc) is 2.82. The summed E-state index contributed by atoms with van der Waals surface area (Å²) in [7, 11) is 0. The second-order valence-electron chi connectivity index (χ2n) is 6.86. The van der Waals surface area contributed by atoms with Crippen molar-refractivity contribution < 1.29 is 14.4 Å². The molecule has 1 aromatic rings. The summed E-state index contributed by atoms with van der Waals surface area (Å²) in [5.41, 5.74) is 0.351. The Kier molecular flexibility index (Phi) is 4.49. The zero-order chi connectivity index (χ0) is 18.0. The van der Waals surface area contributed by atoms with Crippen LogP contribution >= 0.6 is 0 Å². The molecule has 1 aromatic carbocycles. The number of imide groups is 1. The van der Waals surface area contributed by atoms with Gasteiger partial charge < -0.3 is 10.6 Å². The Morgan fingerprint density at radius 2 is 2.12 bits per heavy atom. The normalized spacial score (nSPS) is 25.6. The van der Waals surface area contributed by atoms with Gasteiger partial charge >= 0.3 is 6.03 Å². The minimum atomic E-state index is -0.826. The third kappa shape index (κ3) is 3.36. The van der Waals surface area contributed by atoms with E-state index in [1.165, 1.54) is 0 Å². The smallest absolute Gasteiger partial charge is 0.324 e. The molecule has 0 atom stereocenters. The van der Waals surface area contributed by atoms with Gasteiger partial charge in [-0.2, -0.15) is 0 Å². The number of nitrogens with zero attached hydrogens (tertiary/aromatic N) is 1. The third-order valence-corrected chi connectivity index (χ3v) is 4.99. The number of rotatable bonds is 3. The summed E-state index contributed by atoms with van der Waals surface area (Å²) in [6.45, 7) is 1.84. The Morgan fingerprint density at radius 1 is 1.40 bits per heavy atom. The number of anilines is 1. The first-order valence-corrected chi connectivity index (χ1v) is 8.44. The van der Waals surface area contributed by atoms with Gasteiger partial charge in [-0.15, -0.1) is 6.42 Å². The van der Waals surface area contributed by atoms with E-state index in [0.717, 1.165) is 17.7 Å². The molecule has 130 valence electrons. The molecule has 6 heteroatoms. The van der Waals surface area contributed by atoms with Crippen LogP contribution < -0.4 is 10.6 Å². The minimum absolute atomic E-state index is 0.295. The molecular formula is C19H21N3O3. The van der Waals surface area contributed by atoms with Crippen molar-refractivity contribution in [3.05, 3.63) is 29.8 Å². The highest BCUT2D eigenvalue weighted by atomic mass is 16.2. The molecule has 1 spiro atoms. The first-order valence-electron chi connectivity index (χ1n) is 8.44. The van der Waals surface area contributed by atoms with Crippen LogP contribution in [0, 0.1) is 18.3 Å². The average molecular weight is 339 g/mol. The van der Waals surface area contributed by atoms with Crippen molar-refractivity contribution in [3.8, 4) is 12.3 Å². The van der Waals surface area contributed by atoms with E-state index >= 15 is 0 Å². The zero-order valence-electron chi connectivity index (χ0n) is 14.2. The van der Waals surface area contributed by atoms with Gasteiger partial charge in [-0.05, 0) is 49.8 Å². The van der Waals surface area contributed by atoms with Crippen LogP contribution in [0.25, 0.3) is 0 Å². The molecule has 1 saturated heterocycles. The number of urea groups is 1. The van der Waals surface area contributed by atoms with Gasteiger partial charge in [0.2, 0.25) is 5.91 Å². The highest BCUT2D eigenvalue weighted by Crippen LogP contribution is 2.36. The predicted octanol–water partition coefficient (Wildman–Crippen LogP) is 2.11. The fourth-order valence-corrected chi connectivity index (χ4v) is 3.44. The largest absolute Gasteiger partial charge is 0.325 e. The van der Waals surface area contributed by atoms with Crippen LogP contribution in [0.3, 0.4) is 0 Å². The van der Waals surface area contributed by atoms with E-state index in [2.05, 4.69) is 23.5 Å². The summed E-state index contributed by atoms with van der Waals surface area (Å²) in [6.07, 6.45) is 8.38. The Hall–Kier alpha value is -2.81. The van der Waals surface area contributed by atoms with Crippen molar-refractivity contribution in [1.29, 1.82) is 0 Å². The van der Waals surface area contributed by atoms with E-state index in [1.54, 1.807) is 24.3 Å². The van der Waals surface area contributed by atoms with Crippen LogP contribution in [0.5, 0.6) is 0 Å². The van der Waals surface area contributed by atoms with Crippen molar-refractivity contribution >= 4 is 23.5 Å². The summed E-state index contributed by atoms with van der Waals surface area (Å²) < 4.78 is 0. The SMILES string of the molecule is C#Cc1cccc(NC(=O)CN2C(=O)NC3(CCC(C)CC3)C2=O)c1. The van der Waals surface area contributed by atoms with Crippen molar-refractivity contribution in [2.75, 3.05) is 11.9 Å². The van der Waals surface area contributed by atoms with E-state index < -0.39 is 17.5 Å². The van der Waals surface area contributed by atoms with Gasteiger partial charge in [0.1, 0.15) is 12.1 Å². The lowest BCUT2D eigenvalue weighted by Crippen LogP contribution is -2.49. The van der Waals surface area contributed by atoms with Crippen LogP contribution in [0.2, 0.25) is 0 Å². The Labute approximate surface area is 147 Å². The number of carbonyl (C=O) groups excluding carboxylic acids is 3. The van der Waals surface area contributed by atoms with Crippen LogP contribution in [0.4, 0.5) is 10.5 Å². The fourth-order valence-electron chi connectivity index (χ4n) is 3.44. The maximum atomic E-state index is 12.7. The lowest BCUT2D eigenvalue weighted by molar-refractivity contribution is -0.135. The van der Waals surface area contributed by atoms with Crippen molar-refractivity contribution in [2.24, 2.45) is 5.92 Å². The van der Waals surface area contributed by atoms with Gasteiger partial charge in [0.25, 0.3) is 5.91 Å². The number of carbonyl (C=O) groups is 3. The van der Waals surface area contributed by atoms with Crippen LogP contribution in [0.1, 0.15) is 38.2 Å². The molecule has 0 radical (unpaired) electrons. The summed E-state index contributed by atoms with van der Waals surface area (Å²) in [5.74, 6) is 2.32. The predicted molar refractivity (Wildman–Crippen MR) is 93.6 cm³/mol. The van der Waals surface area contributed by atoms with Crippen molar-refractivity contribution in [2.45, 2.75) is 38.1 Å². The van der Waals surface area contributed by atoms with Crippen LogP contribution in [-0.2, 0) is 9.59 Å². The van der Waals surface area contributed by atoms with Crippen LogP contribution in [-0.4, -0.2) is 34.8 Å². The molecule has 0 bridgehead atoms. The van der Waals surface area contributed by atoms with E-state index in [-0.39, 0.29) is 12.5 Å². The Balaban J connectivity index is 1.66. The fraction of sp³-hybridized carbons (Fsp3) is 0.421. The second kappa shape index (κ2) is 6.60. The van der Waals surface area contributed by atoms with E-state index in [1.807, 2.05) is 0 Å². The van der Waals surface area contributed by atoms with Crippen LogP contribution in [0.15, 0.2) is 24.3 Å². The molecule has 25 heavy (non-hydrogen) atoms. The lowest BCUT2D eigenvalue weighted by Gasteiger charge is -2.33. The molecule has 6 nitrogen and oxygen atoms in total. The Morgan fingerprint density at radius 3 is 2.80 bits per heavy atom. The van der Waals surface area contributed by atoms with Gasteiger partial charge in [-0.25, -0.2) is 4.79 Å². The summed E-state index contributed by atoms with van der Waals surface area (Å²) in [5, 5.41) is 5.48. The second-order valence-corrected chi connectivity index (χ2v) is 6.86. The molecule has 2 aliphatic rings. The topological polar surface area (TPSA) is 78.5 Å². The number of hydrogen-bond acceptors (Lipinski definition) is 3. The molecule has 1 aliphatic heterocycles. The molecule has 2 fully saturated rings. The molecule has 0 aromatic heterocycles. The third-order valence-electron chi connectivity index (χ3n) is 4.99. The molecule has 3 rings (SSSR count). The van der Waals surface area contributed by atoms with E-state index in [9.17, 15) is 14.4 Å². The monoisotopic (exact) mass is 339 g/mol. The number of amides is 4. The highest BCUT2D eigenvalue weighted by molar-refractivity contribution is 6.10. The van der Waals surface area contributed by atoms with Crippen molar-refractivity contribution in [1.82, 2.24) is 10.2 Å². The van der Waals surface area contributed by atoms with Gasteiger partial charge in [-0.1, -0.05) is 18.9 Å². The maximum Gasteiger partial charge on any atom is 0.325 e. The van der Waals surface area contributed by atoms with E-state index in [0.29, 0.717) is 30.0 Å². The molecule has 1 aliphatic carbocycles. The molecule has 4 amide bonds. The number of nitrogens with one attached hydrogen (secondary N) is 2. The highest BCUT2D eigenvalue weighted by Gasteiger charge is 2.52. The number of benzene rings is 1. The lowest BCUT2D eigenvalue weighted by atomic mass is 9.77. The molecule has 2 N–H and O–H groups in total. The number of terminal acetylenes is 1. The van der Waals surface area contributed by atoms with Gasteiger partial charge in [0.05, 0.1) is 0 Å².